The van der Waals surface area contributed by atoms with Crippen molar-refractivity contribution in [2.45, 2.75) is 12.2 Å². The van der Waals surface area contributed by atoms with Crippen LogP contribution in [0.2, 0.25) is 5.02 Å². The first kappa shape index (κ1) is 27.0. The van der Waals surface area contributed by atoms with E-state index >= 15 is 0 Å². The molecule has 1 unspecified atom stereocenters. The summed E-state index contributed by atoms with van der Waals surface area (Å²) in [6.07, 6.45) is -1.40. The summed E-state index contributed by atoms with van der Waals surface area (Å²) >= 11 is 6.26. The second-order valence-electron chi connectivity index (χ2n) is 8.76. The van der Waals surface area contributed by atoms with Gasteiger partial charge in [0.15, 0.2) is 0 Å². The maximum Gasteiger partial charge on any atom is 0.416 e. The van der Waals surface area contributed by atoms with Crippen molar-refractivity contribution in [3.05, 3.63) is 117 Å². The van der Waals surface area contributed by atoms with Crippen LogP contribution in [0.5, 0.6) is 0 Å². The van der Waals surface area contributed by atoms with E-state index in [9.17, 15) is 35.9 Å². The van der Waals surface area contributed by atoms with Crippen LogP contribution in [0.25, 0.3) is 11.9 Å². The molecule has 0 saturated heterocycles. The monoisotopic (exact) mass is 576 g/mol. The summed E-state index contributed by atoms with van der Waals surface area (Å²) in [6, 6.07) is 6.24. The maximum atomic E-state index is 14.8. The Balaban J connectivity index is 1.64. The van der Waals surface area contributed by atoms with Gasteiger partial charge in [0.1, 0.15) is 17.5 Å². The van der Waals surface area contributed by atoms with Gasteiger partial charge < -0.3 is 10.6 Å². The highest BCUT2D eigenvalue weighted by Crippen LogP contribution is 2.41. The molecule has 0 aliphatic carbocycles. The van der Waals surface area contributed by atoms with E-state index in [4.69, 9.17) is 11.6 Å². The van der Waals surface area contributed by atoms with Gasteiger partial charge in [-0.25, -0.2) is 13.2 Å². The third-order valence-corrected chi connectivity index (χ3v) is 6.43. The molecule has 5 rings (SSSR count). The Morgan fingerprint density at radius 1 is 1.02 bits per heavy atom. The Kier molecular flexibility index (Phi) is 6.88. The van der Waals surface area contributed by atoms with E-state index in [0.29, 0.717) is 12.1 Å². The zero-order valence-corrected chi connectivity index (χ0v) is 20.6. The number of aromatic amines is 1. The van der Waals surface area contributed by atoms with E-state index < -0.39 is 52.6 Å². The number of benzene rings is 3. The number of nitrogens with zero attached hydrogens (tertiary/aromatic N) is 1. The Bertz CT molecular complexity index is 1690. The van der Waals surface area contributed by atoms with Gasteiger partial charge in [-0.1, -0.05) is 11.6 Å². The Morgan fingerprint density at radius 2 is 1.80 bits per heavy atom. The second kappa shape index (κ2) is 10.2. The number of H-pyrrole nitrogens is 1. The standard InChI is InChI=1S/C27H15ClF6N4O2/c28-20-2-1-16(29)9-18(20)24-23-19(26(40)38-24)3-12(4-21(31)14-10-35-36-11-14)5-22(23)37-25(39)13-6-15(27(32,33)34)8-17(30)7-13/h1-11,24H,(H,35,36)(H,37,39)(H,38,40)/b21-4-. The highest BCUT2D eigenvalue weighted by atomic mass is 35.5. The van der Waals surface area contributed by atoms with Crippen molar-refractivity contribution in [1.82, 2.24) is 15.5 Å². The molecule has 40 heavy (non-hydrogen) atoms. The van der Waals surface area contributed by atoms with E-state index in [1.54, 1.807) is 0 Å². The number of carbonyl (C=O) groups is 2. The number of nitrogens with one attached hydrogen (secondary N) is 3. The molecule has 0 radical (unpaired) electrons. The van der Waals surface area contributed by atoms with E-state index in [1.165, 1.54) is 30.6 Å². The summed E-state index contributed by atoms with van der Waals surface area (Å²) in [5, 5.41) is 11.2. The quantitative estimate of drug-likeness (QED) is 0.226. The lowest BCUT2D eigenvalue weighted by atomic mass is 9.94. The van der Waals surface area contributed by atoms with E-state index in [0.717, 1.165) is 18.2 Å². The minimum Gasteiger partial charge on any atom is -0.341 e. The highest BCUT2D eigenvalue weighted by Gasteiger charge is 2.35. The first-order valence-corrected chi connectivity index (χ1v) is 11.8. The molecule has 0 bridgehead atoms. The van der Waals surface area contributed by atoms with Crippen LogP contribution in [0, 0.1) is 11.6 Å². The number of halogens is 7. The lowest BCUT2D eigenvalue weighted by Gasteiger charge is -2.19. The van der Waals surface area contributed by atoms with E-state index in [1.807, 2.05) is 0 Å². The molecule has 4 aromatic rings. The predicted octanol–water partition coefficient (Wildman–Crippen LogP) is 6.91. The number of amides is 2. The molecule has 1 atom stereocenters. The Labute approximate surface area is 226 Å². The molecule has 3 aromatic carbocycles. The average Bonchev–Trinajstić information content (AvgIpc) is 3.54. The summed E-state index contributed by atoms with van der Waals surface area (Å²) in [5.41, 5.74) is -1.82. The van der Waals surface area contributed by atoms with Crippen LogP contribution in [-0.4, -0.2) is 22.0 Å². The average molecular weight is 577 g/mol. The molecule has 1 aromatic heterocycles. The van der Waals surface area contributed by atoms with Crippen LogP contribution in [0.1, 0.15) is 54.6 Å². The lowest BCUT2D eigenvalue weighted by Crippen LogP contribution is -2.21. The molecule has 1 aliphatic rings. The number of fused-ring (bicyclic) bond motifs is 1. The normalized spacial score (nSPS) is 15.1. The molecule has 204 valence electrons. The lowest BCUT2D eigenvalue weighted by molar-refractivity contribution is -0.137. The van der Waals surface area contributed by atoms with E-state index in [2.05, 4.69) is 20.8 Å². The number of rotatable bonds is 5. The van der Waals surface area contributed by atoms with Crippen molar-refractivity contribution in [3.8, 4) is 0 Å². The molecular formula is C27H15ClF6N4O2. The molecule has 1 aliphatic heterocycles. The fraction of sp³-hybridized carbons (Fsp3) is 0.0741. The molecule has 0 saturated carbocycles. The zero-order valence-electron chi connectivity index (χ0n) is 19.8. The molecule has 13 heteroatoms. The van der Waals surface area contributed by atoms with Crippen molar-refractivity contribution in [1.29, 1.82) is 0 Å². The number of hydrogen-bond acceptors (Lipinski definition) is 3. The second-order valence-corrected chi connectivity index (χ2v) is 9.17. The van der Waals surface area contributed by atoms with Gasteiger partial charge in [-0.05, 0) is 60.2 Å². The van der Waals surface area contributed by atoms with Gasteiger partial charge in [-0.3, -0.25) is 14.7 Å². The van der Waals surface area contributed by atoms with Crippen LogP contribution in [0.15, 0.2) is 60.9 Å². The topological polar surface area (TPSA) is 86.9 Å². The van der Waals surface area contributed by atoms with Gasteiger partial charge in [-0.2, -0.15) is 18.3 Å². The fourth-order valence-electron chi connectivity index (χ4n) is 4.30. The van der Waals surface area contributed by atoms with Crippen molar-refractivity contribution in [3.63, 3.8) is 0 Å². The van der Waals surface area contributed by atoms with Crippen LogP contribution in [0.3, 0.4) is 0 Å². The largest absolute Gasteiger partial charge is 0.416 e. The summed E-state index contributed by atoms with van der Waals surface area (Å²) in [7, 11) is 0. The third kappa shape index (κ3) is 5.30. The van der Waals surface area contributed by atoms with Crippen LogP contribution in [-0.2, 0) is 6.18 Å². The first-order valence-electron chi connectivity index (χ1n) is 11.4. The van der Waals surface area contributed by atoms with Gasteiger partial charge in [-0.15, -0.1) is 0 Å². The highest BCUT2D eigenvalue weighted by molar-refractivity contribution is 6.31. The van der Waals surface area contributed by atoms with Gasteiger partial charge in [0.25, 0.3) is 11.8 Å². The van der Waals surface area contributed by atoms with Crippen LogP contribution >= 0.6 is 11.6 Å². The predicted molar refractivity (Wildman–Crippen MR) is 134 cm³/mol. The smallest absolute Gasteiger partial charge is 0.341 e. The Hall–Kier alpha value is -4.58. The summed E-state index contributed by atoms with van der Waals surface area (Å²) in [5.74, 6) is -4.54. The minimum absolute atomic E-state index is 0.0374. The molecular weight excluding hydrogens is 562 g/mol. The van der Waals surface area contributed by atoms with Gasteiger partial charge >= 0.3 is 6.18 Å². The van der Waals surface area contributed by atoms with Gasteiger partial charge in [0, 0.05) is 44.7 Å². The number of hydrogen-bond donors (Lipinski definition) is 3. The number of aromatic nitrogens is 2. The summed E-state index contributed by atoms with van der Waals surface area (Å²) in [6.45, 7) is 0. The molecule has 0 fully saturated rings. The Morgan fingerprint density at radius 3 is 2.50 bits per heavy atom. The van der Waals surface area contributed by atoms with Crippen LogP contribution in [0.4, 0.5) is 32.0 Å². The molecule has 3 N–H and O–H groups in total. The zero-order chi connectivity index (χ0) is 28.8. The molecule has 2 heterocycles. The number of alkyl halides is 3. The van der Waals surface area contributed by atoms with E-state index in [-0.39, 0.29) is 44.6 Å². The first-order chi connectivity index (χ1) is 18.9. The summed E-state index contributed by atoms with van der Waals surface area (Å²) < 4.78 is 82.6. The van der Waals surface area contributed by atoms with Crippen molar-refractivity contribution in [2.75, 3.05) is 5.32 Å². The van der Waals surface area contributed by atoms with Crippen molar-refractivity contribution < 1.29 is 35.9 Å². The fourth-order valence-corrected chi connectivity index (χ4v) is 4.53. The number of anilines is 1. The SMILES string of the molecule is O=C(Nc1cc(/C=C(\F)c2cn[nH]c2)cc2c1C(c1cc(F)ccc1Cl)NC2=O)c1cc(F)cc(C(F)(F)F)c1. The minimum atomic E-state index is -4.93. The van der Waals surface area contributed by atoms with Gasteiger partial charge in [0.05, 0.1) is 17.8 Å². The van der Waals surface area contributed by atoms with Crippen molar-refractivity contribution >= 4 is 41.0 Å². The number of carbonyl (C=O) groups excluding carboxylic acids is 2. The molecule has 6 nitrogen and oxygen atoms in total. The maximum absolute atomic E-state index is 14.8. The van der Waals surface area contributed by atoms with Gasteiger partial charge in [0.2, 0.25) is 0 Å². The van der Waals surface area contributed by atoms with Crippen molar-refractivity contribution in [2.24, 2.45) is 0 Å². The molecule has 0 spiro atoms. The molecule has 2 amide bonds. The third-order valence-electron chi connectivity index (χ3n) is 6.08. The summed E-state index contributed by atoms with van der Waals surface area (Å²) in [4.78, 5) is 26.0. The van der Waals surface area contributed by atoms with Crippen LogP contribution < -0.4 is 10.6 Å².